The number of amides is 1. The van der Waals surface area contributed by atoms with E-state index in [9.17, 15) is 4.79 Å². The van der Waals surface area contributed by atoms with Gasteiger partial charge in [0.15, 0.2) is 0 Å². The van der Waals surface area contributed by atoms with Gasteiger partial charge in [0.2, 0.25) is 0 Å². The molecule has 20 heavy (non-hydrogen) atoms. The number of nitrogens with one attached hydrogen (secondary N) is 1. The number of aromatic nitrogens is 2. The molecule has 0 radical (unpaired) electrons. The van der Waals surface area contributed by atoms with Crippen LogP contribution in [0.4, 0.5) is 11.4 Å². The molecule has 1 aromatic carbocycles. The first-order valence-electron chi connectivity index (χ1n) is 6.61. The van der Waals surface area contributed by atoms with Crippen LogP contribution in [0.3, 0.4) is 0 Å². The van der Waals surface area contributed by atoms with Crippen LogP contribution >= 0.6 is 0 Å². The first-order chi connectivity index (χ1) is 9.41. The summed E-state index contributed by atoms with van der Waals surface area (Å²) in [6.07, 6.45) is 0. The van der Waals surface area contributed by atoms with E-state index in [-0.39, 0.29) is 5.91 Å². The van der Waals surface area contributed by atoms with E-state index in [4.69, 9.17) is 5.73 Å². The van der Waals surface area contributed by atoms with Gasteiger partial charge in [0.25, 0.3) is 5.91 Å². The Bertz CT molecular complexity index is 643. The molecule has 2 aromatic rings. The number of hydrogen-bond acceptors (Lipinski definition) is 3. The summed E-state index contributed by atoms with van der Waals surface area (Å²) >= 11 is 0. The molecule has 0 unspecified atom stereocenters. The Kier molecular flexibility index (Phi) is 3.79. The minimum Gasteiger partial charge on any atom is -0.395 e. The Hall–Kier alpha value is -2.30. The van der Waals surface area contributed by atoms with Crippen molar-refractivity contribution < 1.29 is 4.79 Å². The molecule has 1 amide bonds. The Morgan fingerprint density at radius 3 is 2.55 bits per heavy atom. The molecule has 3 N–H and O–H groups in total. The molecule has 0 aliphatic carbocycles. The fraction of sp³-hybridized carbons (Fsp3) is 0.333. The molecule has 5 nitrogen and oxygen atoms in total. The van der Waals surface area contributed by atoms with Crippen molar-refractivity contribution in [2.75, 3.05) is 11.1 Å². The third kappa shape index (κ3) is 2.52. The Morgan fingerprint density at radius 2 is 2.00 bits per heavy atom. The molecule has 5 heteroatoms. The van der Waals surface area contributed by atoms with Crippen LogP contribution in [0.15, 0.2) is 24.3 Å². The van der Waals surface area contributed by atoms with E-state index >= 15 is 0 Å². The van der Waals surface area contributed by atoms with E-state index in [1.165, 1.54) is 4.68 Å². The lowest BCUT2D eigenvalue weighted by atomic mass is 10.0. The lowest BCUT2D eigenvalue weighted by molar-refractivity contribution is 0.101. The second kappa shape index (κ2) is 5.36. The average molecular weight is 272 g/mol. The lowest BCUT2D eigenvalue weighted by Gasteiger charge is -2.13. The summed E-state index contributed by atoms with van der Waals surface area (Å²) in [5.74, 6) is 0.0934. The van der Waals surface area contributed by atoms with Gasteiger partial charge >= 0.3 is 0 Å². The summed E-state index contributed by atoms with van der Waals surface area (Å²) < 4.78 is 1.51. The zero-order valence-corrected chi connectivity index (χ0v) is 12.3. The third-order valence-electron chi connectivity index (χ3n) is 3.31. The number of hydrogen-bond donors (Lipinski definition) is 2. The van der Waals surface area contributed by atoms with E-state index in [1.807, 2.05) is 24.3 Å². The number of para-hydroxylation sites is 1. The van der Waals surface area contributed by atoms with Crippen LogP contribution in [0.1, 0.15) is 41.5 Å². The van der Waals surface area contributed by atoms with Crippen molar-refractivity contribution in [2.24, 2.45) is 7.05 Å². The fourth-order valence-corrected chi connectivity index (χ4v) is 2.24. The van der Waals surface area contributed by atoms with E-state index < -0.39 is 0 Å². The molecule has 0 spiro atoms. The predicted molar refractivity (Wildman–Crippen MR) is 80.8 cm³/mol. The van der Waals surface area contributed by atoms with Gasteiger partial charge in [0.1, 0.15) is 5.69 Å². The zero-order valence-electron chi connectivity index (χ0n) is 12.3. The van der Waals surface area contributed by atoms with E-state index in [2.05, 4.69) is 24.3 Å². The highest BCUT2D eigenvalue weighted by Crippen LogP contribution is 2.25. The average Bonchev–Trinajstić information content (AvgIpc) is 2.63. The topological polar surface area (TPSA) is 72.9 Å². The van der Waals surface area contributed by atoms with Gasteiger partial charge in [-0.3, -0.25) is 9.48 Å². The number of benzene rings is 1. The van der Waals surface area contributed by atoms with Crippen molar-refractivity contribution in [3.8, 4) is 0 Å². The number of nitrogens with two attached hydrogens (primary N) is 1. The van der Waals surface area contributed by atoms with Gasteiger partial charge in [-0.15, -0.1) is 0 Å². The molecular weight excluding hydrogens is 252 g/mol. The first-order valence-corrected chi connectivity index (χ1v) is 6.61. The number of nitrogen functional groups attached to an aromatic ring is 1. The summed E-state index contributed by atoms with van der Waals surface area (Å²) in [5, 5.41) is 7.09. The van der Waals surface area contributed by atoms with Gasteiger partial charge in [-0.25, -0.2) is 0 Å². The van der Waals surface area contributed by atoms with E-state index in [0.717, 1.165) is 11.3 Å². The highest BCUT2D eigenvalue weighted by Gasteiger charge is 2.19. The van der Waals surface area contributed by atoms with Gasteiger partial charge in [0.05, 0.1) is 11.4 Å². The predicted octanol–water partition coefficient (Wildman–Crippen LogP) is 2.69. The monoisotopic (exact) mass is 272 g/mol. The van der Waals surface area contributed by atoms with Gasteiger partial charge in [0, 0.05) is 12.7 Å². The third-order valence-corrected chi connectivity index (χ3v) is 3.31. The summed E-state index contributed by atoms with van der Waals surface area (Å²) in [7, 11) is 1.71. The number of anilines is 2. The van der Waals surface area contributed by atoms with Crippen molar-refractivity contribution in [1.82, 2.24) is 9.78 Å². The van der Waals surface area contributed by atoms with Crippen molar-refractivity contribution in [1.29, 1.82) is 0 Å². The van der Waals surface area contributed by atoms with Crippen LogP contribution in [0.2, 0.25) is 0 Å². The van der Waals surface area contributed by atoms with Crippen LogP contribution < -0.4 is 11.1 Å². The molecule has 1 heterocycles. The van der Waals surface area contributed by atoms with Crippen LogP contribution in [-0.2, 0) is 7.05 Å². The number of carbonyl (C=O) groups excluding carboxylic acids is 1. The maximum absolute atomic E-state index is 12.4. The van der Waals surface area contributed by atoms with E-state index in [1.54, 1.807) is 14.0 Å². The highest BCUT2D eigenvalue weighted by atomic mass is 16.2. The standard InChI is InChI=1S/C15H20N4O/c1-9(2)11-7-5-6-8-12(11)17-15(20)14-13(16)10(3)18-19(14)4/h5-9H,16H2,1-4H3,(H,17,20). The van der Waals surface area contributed by atoms with Crippen LogP contribution in [0.25, 0.3) is 0 Å². The van der Waals surface area contributed by atoms with Crippen LogP contribution in [0.5, 0.6) is 0 Å². The largest absolute Gasteiger partial charge is 0.395 e. The molecule has 0 saturated carbocycles. The molecule has 0 aliphatic rings. The fourth-order valence-electron chi connectivity index (χ4n) is 2.24. The molecule has 106 valence electrons. The highest BCUT2D eigenvalue weighted by molar-refractivity contribution is 6.07. The number of rotatable bonds is 3. The molecule has 1 aromatic heterocycles. The van der Waals surface area contributed by atoms with Crippen molar-refractivity contribution in [3.05, 3.63) is 41.2 Å². The minimum absolute atomic E-state index is 0.237. The number of nitrogens with zero attached hydrogens (tertiary/aromatic N) is 2. The smallest absolute Gasteiger partial charge is 0.276 e. The molecule has 0 aliphatic heterocycles. The molecular formula is C15H20N4O. The quantitative estimate of drug-likeness (QED) is 0.902. The van der Waals surface area contributed by atoms with Crippen molar-refractivity contribution in [3.63, 3.8) is 0 Å². The molecule has 2 rings (SSSR count). The summed E-state index contributed by atoms with van der Waals surface area (Å²) in [5.41, 5.74) is 9.29. The second-order valence-electron chi connectivity index (χ2n) is 5.17. The van der Waals surface area contributed by atoms with Gasteiger partial charge in [-0.2, -0.15) is 5.10 Å². The normalized spacial score (nSPS) is 10.8. The summed E-state index contributed by atoms with van der Waals surface area (Å²) in [6, 6.07) is 7.78. The minimum atomic E-state index is -0.237. The Balaban J connectivity index is 2.33. The maximum Gasteiger partial charge on any atom is 0.276 e. The van der Waals surface area contributed by atoms with Crippen molar-refractivity contribution in [2.45, 2.75) is 26.7 Å². The first kappa shape index (κ1) is 14.1. The summed E-state index contributed by atoms with van der Waals surface area (Å²) in [6.45, 7) is 5.97. The number of carbonyl (C=O) groups is 1. The van der Waals surface area contributed by atoms with Gasteiger partial charge < -0.3 is 11.1 Å². The van der Waals surface area contributed by atoms with E-state index in [0.29, 0.717) is 23.0 Å². The Labute approximate surface area is 118 Å². The molecule has 0 atom stereocenters. The van der Waals surface area contributed by atoms with Crippen LogP contribution in [-0.4, -0.2) is 15.7 Å². The van der Waals surface area contributed by atoms with Gasteiger partial charge in [-0.1, -0.05) is 32.0 Å². The molecule has 0 fully saturated rings. The second-order valence-corrected chi connectivity index (χ2v) is 5.17. The Morgan fingerprint density at radius 1 is 1.35 bits per heavy atom. The number of aryl methyl sites for hydroxylation is 2. The SMILES string of the molecule is Cc1nn(C)c(C(=O)Nc2ccccc2C(C)C)c1N. The zero-order chi connectivity index (χ0) is 14.9. The molecule has 0 saturated heterocycles. The van der Waals surface area contributed by atoms with Crippen molar-refractivity contribution >= 4 is 17.3 Å². The van der Waals surface area contributed by atoms with Crippen LogP contribution in [0, 0.1) is 6.92 Å². The lowest BCUT2D eigenvalue weighted by Crippen LogP contribution is -2.18. The maximum atomic E-state index is 12.4. The van der Waals surface area contributed by atoms with Gasteiger partial charge in [-0.05, 0) is 24.5 Å². The summed E-state index contributed by atoms with van der Waals surface area (Å²) in [4.78, 5) is 12.4. The molecule has 0 bridgehead atoms.